The lowest BCUT2D eigenvalue weighted by atomic mass is 9.72. The Balaban J connectivity index is 0.883. The summed E-state index contributed by atoms with van der Waals surface area (Å²) in [6.45, 7) is 4.79. The van der Waals surface area contributed by atoms with Crippen LogP contribution in [0.4, 0.5) is 34.1 Å². The number of hydrogen-bond acceptors (Lipinski definition) is 3. The van der Waals surface area contributed by atoms with Crippen molar-refractivity contribution in [3.8, 4) is 22.3 Å². The molecule has 0 saturated heterocycles. The van der Waals surface area contributed by atoms with Crippen LogP contribution in [0.25, 0.3) is 27.8 Å². The Bertz CT molecular complexity index is 3150. The third-order valence-corrected chi connectivity index (χ3v) is 14.6. The molecule has 3 heteroatoms. The molecule has 0 radical (unpaired) electrons. The number of fused-ring (bicyclic) bond motifs is 8. The minimum absolute atomic E-state index is 0.189. The Hall–Kier alpha value is -7.62. The van der Waals surface area contributed by atoms with Crippen molar-refractivity contribution >= 4 is 39.7 Å². The second-order valence-corrected chi connectivity index (χ2v) is 18.8. The van der Waals surface area contributed by atoms with Gasteiger partial charge in [-0.15, -0.1) is 0 Å². The summed E-state index contributed by atoms with van der Waals surface area (Å²) < 4.78 is 0. The van der Waals surface area contributed by atoms with Crippen LogP contribution in [0.15, 0.2) is 236 Å². The van der Waals surface area contributed by atoms with Crippen molar-refractivity contribution in [2.45, 2.75) is 44.1 Å². The highest BCUT2D eigenvalue weighted by molar-refractivity contribution is 5.88. The predicted molar refractivity (Wildman–Crippen MR) is 278 cm³/mol. The first-order chi connectivity index (χ1) is 32.5. The third kappa shape index (κ3) is 6.98. The zero-order valence-corrected chi connectivity index (χ0v) is 37.6. The molecule has 1 N–H and O–H groups in total. The number of nitrogens with zero attached hydrogens (tertiary/aromatic N) is 2. The van der Waals surface area contributed by atoms with Crippen LogP contribution < -0.4 is 15.1 Å². The number of rotatable bonds is 8. The summed E-state index contributed by atoms with van der Waals surface area (Å²) in [5, 5.41) is 3.94. The van der Waals surface area contributed by atoms with Crippen LogP contribution >= 0.6 is 0 Å². The highest BCUT2D eigenvalue weighted by Crippen LogP contribution is 2.53. The first kappa shape index (κ1) is 39.9. The lowest BCUT2D eigenvalue weighted by Gasteiger charge is -2.36. The largest absolute Gasteiger partial charge is 0.378 e. The molecule has 0 fully saturated rings. The molecule has 12 rings (SSSR count). The van der Waals surface area contributed by atoms with Crippen molar-refractivity contribution in [1.82, 2.24) is 0 Å². The van der Waals surface area contributed by atoms with Crippen LogP contribution in [0.1, 0.15) is 54.9 Å². The van der Waals surface area contributed by atoms with Gasteiger partial charge in [-0.05, 0) is 142 Å². The lowest BCUT2D eigenvalue weighted by molar-refractivity contribution is 0.420. The van der Waals surface area contributed by atoms with E-state index in [4.69, 9.17) is 0 Å². The van der Waals surface area contributed by atoms with Crippen molar-refractivity contribution in [3.63, 3.8) is 0 Å². The van der Waals surface area contributed by atoms with Crippen LogP contribution in [0.2, 0.25) is 0 Å². The number of hydrogen-bond donors (Lipinski definition) is 1. The average molecular weight is 852 g/mol. The van der Waals surface area contributed by atoms with Gasteiger partial charge in [0.05, 0.1) is 6.04 Å². The van der Waals surface area contributed by atoms with E-state index >= 15 is 0 Å². The lowest BCUT2D eigenvalue weighted by Crippen LogP contribution is -2.34. The van der Waals surface area contributed by atoms with Crippen LogP contribution in [-0.4, -0.2) is 6.04 Å². The molecule has 0 bridgehead atoms. The van der Waals surface area contributed by atoms with Crippen molar-refractivity contribution < 1.29 is 0 Å². The molecule has 4 atom stereocenters. The Morgan fingerprint density at radius 3 is 1.76 bits per heavy atom. The van der Waals surface area contributed by atoms with E-state index in [0.29, 0.717) is 11.8 Å². The van der Waals surface area contributed by atoms with Crippen molar-refractivity contribution in [2.24, 2.45) is 11.8 Å². The second kappa shape index (κ2) is 16.4. The van der Waals surface area contributed by atoms with Crippen LogP contribution in [-0.2, 0) is 5.41 Å². The van der Waals surface area contributed by atoms with E-state index in [-0.39, 0.29) is 17.4 Å². The van der Waals surface area contributed by atoms with E-state index in [0.717, 1.165) is 35.6 Å². The molecule has 5 aliphatic rings. The molecule has 1 heterocycles. The Labute approximate surface area is 389 Å². The highest BCUT2D eigenvalue weighted by atomic mass is 15.2. The molecular formula is C63H53N3. The monoisotopic (exact) mass is 851 g/mol. The fourth-order valence-electron chi connectivity index (χ4n) is 11.3. The number of para-hydroxylation sites is 3. The smallest absolute Gasteiger partial charge is 0.0517 e. The van der Waals surface area contributed by atoms with Gasteiger partial charge in [0, 0.05) is 57.1 Å². The zero-order valence-electron chi connectivity index (χ0n) is 37.6. The van der Waals surface area contributed by atoms with E-state index in [1.165, 1.54) is 67.2 Å². The summed E-state index contributed by atoms with van der Waals surface area (Å²) in [6, 6.07) is 63.0. The Kier molecular flexibility index (Phi) is 9.94. The van der Waals surface area contributed by atoms with Crippen LogP contribution in [0.5, 0.6) is 0 Å². The maximum Gasteiger partial charge on any atom is 0.0517 e. The average Bonchev–Trinajstić information content (AvgIpc) is 3.50. The van der Waals surface area contributed by atoms with Gasteiger partial charge in [-0.3, -0.25) is 0 Å². The molecule has 7 aromatic rings. The fraction of sp³-hybridized carbons (Fsp3) is 0.143. The summed E-state index contributed by atoms with van der Waals surface area (Å²) in [5.74, 6) is 0.916. The maximum absolute atomic E-state index is 3.94. The van der Waals surface area contributed by atoms with Gasteiger partial charge in [-0.1, -0.05) is 172 Å². The third-order valence-electron chi connectivity index (χ3n) is 14.6. The molecular weight excluding hydrogens is 799 g/mol. The van der Waals surface area contributed by atoms with Gasteiger partial charge in [0.1, 0.15) is 0 Å². The predicted octanol–water partition coefficient (Wildman–Crippen LogP) is 16.4. The van der Waals surface area contributed by atoms with Crippen molar-refractivity contribution in [1.29, 1.82) is 0 Å². The van der Waals surface area contributed by atoms with Gasteiger partial charge in [-0.25, -0.2) is 0 Å². The van der Waals surface area contributed by atoms with E-state index in [9.17, 15) is 0 Å². The molecule has 0 saturated carbocycles. The Morgan fingerprint density at radius 2 is 1.08 bits per heavy atom. The molecule has 1 aliphatic heterocycles. The van der Waals surface area contributed by atoms with Gasteiger partial charge in [0.2, 0.25) is 0 Å². The minimum Gasteiger partial charge on any atom is -0.378 e. The van der Waals surface area contributed by atoms with E-state index in [2.05, 4.69) is 260 Å². The molecule has 0 amide bonds. The second-order valence-electron chi connectivity index (χ2n) is 18.8. The van der Waals surface area contributed by atoms with Gasteiger partial charge in [0.15, 0.2) is 0 Å². The molecule has 66 heavy (non-hydrogen) atoms. The van der Waals surface area contributed by atoms with Crippen molar-refractivity contribution in [2.75, 3.05) is 15.1 Å². The Morgan fingerprint density at radius 1 is 0.500 bits per heavy atom. The molecule has 7 aromatic carbocycles. The topological polar surface area (TPSA) is 18.5 Å². The van der Waals surface area contributed by atoms with Crippen LogP contribution in [0.3, 0.4) is 0 Å². The number of anilines is 6. The number of allylic oxidation sites excluding steroid dienone is 9. The summed E-state index contributed by atoms with van der Waals surface area (Å²) >= 11 is 0. The molecule has 3 nitrogen and oxygen atoms in total. The summed E-state index contributed by atoms with van der Waals surface area (Å²) in [4.78, 5) is 4.86. The normalized spacial score (nSPS) is 20.3. The van der Waals surface area contributed by atoms with Crippen LogP contribution in [0, 0.1) is 11.8 Å². The summed E-state index contributed by atoms with van der Waals surface area (Å²) in [7, 11) is 0. The van der Waals surface area contributed by atoms with Gasteiger partial charge in [-0.2, -0.15) is 0 Å². The maximum atomic E-state index is 3.94. The standard InChI is InChI=1S/C63H53N3/c1-63(2)59-41-51(65(47-18-8-4-9-19-47)49-32-30-46(31-33-49)45-28-26-44(27-29-45)43-16-6-3-7-17-43)34-37-55(59)56-38-35-52(42-60(56)63)66(48-20-10-5-11-21-48)50-36-39-62-58(40-50)54-23-13-12-22-53(54)57-24-14-15-25-61(57)64-62/h4-6,8-42,53-54,58,62,64H,3,7H2,1-2H3. The van der Waals surface area contributed by atoms with Gasteiger partial charge in [0.25, 0.3) is 0 Å². The fourth-order valence-corrected chi connectivity index (χ4v) is 11.3. The van der Waals surface area contributed by atoms with Gasteiger partial charge >= 0.3 is 0 Å². The quantitative estimate of drug-likeness (QED) is 0.164. The van der Waals surface area contributed by atoms with E-state index in [1.807, 2.05) is 0 Å². The van der Waals surface area contributed by atoms with Crippen molar-refractivity contribution in [3.05, 3.63) is 259 Å². The molecule has 0 spiro atoms. The summed E-state index contributed by atoms with van der Waals surface area (Å²) in [6.07, 6.45) is 25.6. The first-order valence-electron chi connectivity index (χ1n) is 23.7. The number of benzene rings is 7. The molecule has 4 aliphatic carbocycles. The van der Waals surface area contributed by atoms with Gasteiger partial charge < -0.3 is 15.1 Å². The van der Waals surface area contributed by atoms with E-state index in [1.54, 1.807) is 0 Å². The zero-order chi connectivity index (χ0) is 44.2. The number of nitrogens with one attached hydrogen (secondary N) is 1. The SMILES string of the molecule is CC1(C)c2cc(N(C3=CC4C(C=C3)Nc3ccccc3C3C=CC=CC34)c3ccccc3)ccc2-c2ccc(N(c3ccccc3)c3ccc(-c4ccc(C5=CCCC=C5)cc4)cc3)cc21. The molecule has 320 valence electrons. The highest BCUT2D eigenvalue weighted by Gasteiger charge is 2.40. The molecule has 0 aromatic heterocycles. The molecule has 4 unspecified atom stereocenters. The minimum atomic E-state index is -0.244. The summed E-state index contributed by atoms with van der Waals surface area (Å²) in [5.41, 5.74) is 19.6. The first-order valence-corrected chi connectivity index (χ1v) is 23.7. The van der Waals surface area contributed by atoms with E-state index < -0.39 is 0 Å².